The molecule has 9 aromatic carbocycles. The van der Waals surface area contributed by atoms with Gasteiger partial charge in [0.15, 0.2) is 5.82 Å². The summed E-state index contributed by atoms with van der Waals surface area (Å²) in [5.74, 6) is 0.642. The van der Waals surface area contributed by atoms with E-state index >= 15 is 0 Å². The van der Waals surface area contributed by atoms with Crippen molar-refractivity contribution in [2.75, 3.05) is 0 Å². The second-order valence-electron chi connectivity index (χ2n) is 16.7. The van der Waals surface area contributed by atoms with Crippen LogP contribution in [-0.2, 0) is 0 Å². The lowest BCUT2D eigenvalue weighted by Crippen LogP contribution is -2.02. The molecule has 0 saturated heterocycles. The summed E-state index contributed by atoms with van der Waals surface area (Å²) in [6.45, 7) is 0. The zero-order valence-corrected chi connectivity index (χ0v) is 36.5. The van der Waals surface area contributed by atoms with E-state index in [1.54, 1.807) is 0 Å². The maximum absolute atomic E-state index is 5.66. The minimum atomic E-state index is 0.642. The summed E-state index contributed by atoms with van der Waals surface area (Å²) in [4.78, 5) is 16.4. The van der Waals surface area contributed by atoms with Crippen LogP contribution in [0.25, 0.3) is 117 Å². The Morgan fingerprint density at radius 2 is 0.657 bits per heavy atom. The summed E-state index contributed by atoms with van der Waals surface area (Å²) >= 11 is 0. The maximum atomic E-state index is 5.66. The summed E-state index contributed by atoms with van der Waals surface area (Å²) < 4.78 is 2.36. The van der Waals surface area contributed by atoms with Crippen molar-refractivity contribution in [3.63, 3.8) is 0 Å². The molecule has 4 nitrogen and oxygen atoms in total. The van der Waals surface area contributed by atoms with Crippen molar-refractivity contribution in [2.45, 2.75) is 0 Å². The van der Waals surface area contributed by atoms with E-state index in [1.165, 1.54) is 10.8 Å². The topological polar surface area (TPSA) is 43.6 Å². The zero-order valence-electron chi connectivity index (χ0n) is 36.5. The van der Waals surface area contributed by atoms with Crippen molar-refractivity contribution >= 4 is 21.8 Å². The molecular formula is C63H42N4. The molecule has 4 heteroatoms. The Hall–Kier alpha value is -8.99. The van der Waals surface area contributed by atoms with E-state index < -0.39 is 0 Å². The number of rotatable bonds is 9. The molecule has 0 aliphatic rings. The fourth-order valence-corrected chi connectivity index (χ4v) is 9.56. The molecule has 0 aliphatic carbocycles. The molecule has 0 fully saturated rings. The minimum Gasteiger partial charge on any atom is -0.309 e. The van der Waals surface area contributed by atoms with Crippen LogP contribution in [-0.4, -0.2) is 19.5 Å². The SMILES string of the molecule is c1ccc(-c2cc(-c3cccc(-n4c5ccccc5c5ccccc54)c3)nc(-c3cccc(-c4c(-c5ccccc5)c(-c5ccccc5)nc(-c5ccccc5)c4-c4ccccc4)c3)n2)cc1. The van der Waals surface area contributed by atoms with Crippen LogP contribution in [0.3, 0.4) is 0 Å². The highest BCUT2D eigenvalue weighted by Crippen LogP contribution is 2.49. The second kappa shape index (κ2) is 17.2. The summed E-state index contributed by atoms with van der Waals surface area (Å²) in [6.07, 6.45) is 0. The first kappa shape index (κ1) is 39.6. The molecule has 0 saturated carbocycles. The maximum Gasteiger partial charge on any atom is 0.160 e. The van der Waals surface area contributed by atoms with E-state index in [4.69, 9.17) is 15.0 Å². The Morgan fingerprint density at radius 1 is 0.254 bits per heavy atom. The van der Waals surface area contributed by atoms with E-state index in [0.29, 0.717) is 5.82 Å². The molecule has 0 spiro atoms. The van der Waals surface area contributed by atoms with Gasteiger partial charge >= 0.3 is 0 Å². The highest BCUT2D eigenvalue weighted by molar-refractivity contribution is 6.09. The third-order valence-corrected chi connectivity index (χ3v) is 12.6. The molecule has 0 aliphatic heterocycles. The molecule has 12 aromatic rings. The van der Waals surface area contributed by atoms with Crippen molar-refractivity contribution in [1.29, 1.82) is 0 Å². The predicted octanol–water partition coefficient (Wildman–Crippen LogP) is 16.3. The van der Waals surface area contributed by atoms with Gasteiger partial charge in [0, 0.05) is 61.0 Å². The minimum absolute atomic E-state index is 0.642. The molecule has 0 radical (unpaired) electrons. The van der Waals surface area contributed by atoms with Gasteiger partial charge in [-0.25, -0.2) is 15.0 Å². The molecular weight excluding hydrogens is 813 g/mol. The van der Waals surface area contributed by atoms with Gasteiger partial charge < -0.3 is 4.57 Å². The average molecular weight is 855 g/mol. The highest BCUT2D eigenvalue weighted by Gasteiger charge is 2.26. The average Bonchev–Trinajstić information content (AvgIpc) is 3.76. The number of hydrogen-bond donors (Lipinski definition) is 0. The first-order valence-electron chi connectivity index (χ1n) is 22.7. The number of nitrogens with zero attached hydrogens (tertiary/aromatic N) is 4. The molecule has 0 bridgehead atoms. The number of pyridine rings is 1. The smallest absolute Gasteiger partial charge is 0.160 e. The van der Waals surface area contributed by atoms with Gasteiger partial charge in [0.2, 0.25) is 0 Å². The summed E-state index contributed by atoms with van der Waals surface area (Å²) in [5, 5.41) is 2.46. The van der Waals surface area contributed by atoms with Gasteiger partial charge in [-0.05, 0) is 53.1 Å². The molecule has 67 heavy (non-hydrogen) atoms. The van der Waals surface area contributed by atoms with Gasteiger partial charge in [0.25, 0.3) is 0 Å². The molecule has 3 heterocycles. The van der Waals surface area contributed by atoms with Crippen molar-refractivity contribution in [3.8, 4) is 95.5 Å². The van der Waals surface area contributed by atoms with Crippen LogP contribution in [0.5, 0.6) is 0 Å². The van der Waals surface area contributed by atoms with Gasteiger partial charge in [-0.2, -0.15) is 0 Å². The Morgan fingerprint density at radius 3 is 1.19 bits per heavy atom. The molecule has 0 unspecified atom stereocenters. The van der Waals surface area contributed by atoms with Crippen molar-refractivity contribution in [1.82, 2.24) is 19.5 Å². The van der Waals surface area contributed by atoms with Crippen LogP contribution in [0.2, 0.25) is 0 Å². The van der Waals surface area contributed by atoms with Gasteiger partial charge in [0.05, 0.1) is 33.8 Å². The predicted molar refractivity (Wildman–Crippen MR) is 278 cm³/mol. The lowest BCUT2D eigenvalue weighted by atomic mass is 9.83. The summed E-state index contributed by atoms with van der Waals surface area (Å²) in [6, 6.07) is 89.7. The fourth-order valence-electron chi connectivity index (χ4n) is 9.56. The quantitative estimate of drug-likeness (QED) is 0.145. The Kier molecular flexibility index (Phi) is 10.2. The van der Waals surface area contributed by atoms with Crippen LogP contribution in [0, 0.1) is 0 Å². The molecule has 12 rings (SSSR count). The monoisotopic (exact) mass is 854 g/mol. The molecule has 314 valence electrons. The standard InChI is InChI=1S/C63H42N4/c1-6-22-43(23-7-1)54-42-55(48-32-21-35-51(41-48)67-56-38-18-16-36-52(56)53-37-17-19-39-57(53)67)65-63(64-54)50-34-20-33-49(40-50)58-59(44-24-8-2-9-25-44)61(46-28-12-4-13-29-46)66-62(47-30-14-5-15-31-47)60(58)45-26-10-3-11-27-45/h1-42H. The van der Waals surface area contributed by atoms with Gasteiger partial charge in [0.1, 0.15) is 0 Å². The molecule has 0 amide bonds. The highest BCUT2D eigenvalue weighted by atomic mass is 15.0. The van der Waals surface area contributed by atoms with Gasteiger partial charge in [-0.1, -0.05) is 218 Å². The van der Waals surface area contributed by atoms with Crippen LogP contribution in [0.4, 0.5) is 0 Å². The molecule has 0 atom stereocenters. The van der Waals surface area contributed by atoms with Crippen molar-refractivity contribution in [2.24, 2.45) is 0 Å². The van der Waals surface area contributed by atoms with E-state index in [9.17, 15) is 0 Å². The van der Waals surface area contributed by atoms with E-state index in [-0.39, 0.29) is 0 Å². The van der Waals surface area contributed by atoms with Crippen LogP contribution < -0.4 is 0 Å². The van der Waals surface area contributed by atoms with Gasteiger partial charge in [-0.3, -0.25) is 0 Å². The number of benzene rings is 9. The van der Waals surface area contributed by atoms with Crippen LogP contribution >= 0.6 is 0 Å². The van der Waals surface area contributed by atoms with Crippen LogP contribution in [0.15, 0.2) is 255 Å². The number of aromatic nitrogens is 4. The van der Waals surface area contributed by atoms with Crippen LogP contribution in [0.1, 0.15) is 0 Å². The van der Waals surface area contributed by atoms with Crippen molar-refractivity contribution in [3.05, 3.63) is 255 Å². The largest absolute Gasteiger partial charge is 0.309 e. The fraction of sp³-hybridized carbons (Fsp3) is 0. The molecule has 3 aromatic heterocycles. The summed E-state index contributed by atoms with van der Waals surface area (Å²) in [5.41, 5.74) is 18.4. The number of hydrogen-bond acceptors (Lipinski definition) is 3. The first-order chi connectivity index (χ1) is 33.2. The lowest BCUT2D eigenvalue weighted by molar-refractivity contribution is 1.16. The normalized spacial score (nSPS) is 11.3. The van der Waals surface area contributed by atoms with E-state index in [0.717, 1.165) is 101 Å². The summed E-state index contributed by atoms with van der Waals surface area (Å²) in [7, 11) is 0. The van der Waals surface area contributed by atoms with Gasteiger partial charge in [-0.15, -0.1) is 0 Å². The first-order valence-corrected chi connectivity index (χ1v) is 22.7. The number of para-hydroxylation sites is 2. The third-order valence-electron chi connectivity index (χ3n) is 12.6. The number of fused-ring (bicyclic) bond motifs is 3. The lowest BCUT2D eigenvalue weighted by Gasteiger charge is -2.23. The van der Waals surface area contributed by atoms with E-state index in [1.807, 2.05) is 6.07 Å². The van der Waals surface area contributed by atoms with Crippen molar-refractivity contribution < 1.29 is 0 Å². The Bertz CT molecular complexity index is 3560. The Labute approximate surface area is 389 Å². The third kappa shape index (κ3) is 7.37. The Balaban J connectivity index is 1.10. The zero-order chi connectivity index (χ0) is 44.5. The van der Waals surface area contributed by atoms with E-state index in [2.05, 4.69) is 253 Å². The molecule has 0 N–H and O–H groups in total. The second-order valence-corrected chi connectivity index (χ2v) is 16.7.